The molecule has 0 heterocycles. The summed E-state index contributed by atoms with van der Waals surface area (Å²) in [5, 5.41) is 3.23. The standard InChI is InChI=1S/C15H14BrClN2OS/c16-10-1-4-12(5-2-10)21-8-7-15(20)19-14-6-3-11(18)9-13(14)17/h1-6,9H,7-8,18H2,(H,19,20). The summed E-state index contributed by atoms with van der Waals surface area (Å²) in [6, 6.07) is 13.0. The predicted octanol–water partition coefficient (Wildman–Crippen LogP) is 4.81. The number of halogens is 2. The summed E-state index contributed by atoms with van der Waals surface area (Å²) >= 11 is 11.0. The van der Waals surface area contributed by atoms with Gasteiger partial charge < -0.3 is 11.1 Å². The van der Waals surface area contributed by atoms with Crippen LogP contribution in [0, 0.1) is 0 Å². The fourth-order valence-electron chi connectivity index (χ4n) is 1.64. The van der Waals surface area contributed by atoms with Gasteiger partial charge in [-0.2, -0.15) is 0 Å². The second-order valence-corrected chi connectivity index (χ2v) is 6.83. The highest BCUT2D eigenvalue weighted by Gasteiger charge is 2.06. The number of amides is 1. The molecule has 6 heteroatoms. The van der Waals surface area contributed by atoms with Gasteiger partial charge in [-0.05, 0) is 42.5 Å². The number of nitrogen functional groups attached to an aromatic ring is 1. The zero-order valence-electron chi connectivity index (χ0n) is 11.1. The molecule has 0 saturated heterocycles. The van der Waals surface area contributed by atoms with Crippen LogP contribution in [0.4, 0.5) is 11.4 Å². The van der Waals surface area contributed by atoms with Crippen LogP contribution >= 0.6 is 39.3 Å². The number of hydrogen-bond donors (Lipinski definition) is 2. The average Bonchev–Trinajstić information content (AvgIpc) is 2.44. The lowest BCUT2D eigenvalue weighted by Gasteiger charge is -2.08. The molecule has 0 spiro atoms. The molecule has 110 valence electrons. The fourth-order valence-corrected chi connectivity index (χ4v) is 2.99. The Labute approximate surface area is 141 Å². The van der Waals surface area contributed by atoms with E-state index in [4.69, 9.17) is 17.3 Å². The minimum Gasteiger partial charge on any atom is -0.399 e. The van der Waals surface area contributed by atoms with Gasteiger partial charge in [0.1, 0.15) is 0 Å². The Bertz CT molecular complexity index is 634. The zero-order valence-corrected chi connectivity index (χ0v) is 14.3. The lowest BCUT2D eigenvalue weighted by molar-refractivity contribution is -0.115. The molecule has 0 atom stereocenters. The van der Waals surface area contributed by atoms with Gasteiger partial charge in [0.2, 0.25) is 5.91 Å². The van der Waals surface area contributed by atoms with Crippen molar-refractivity contribution in [2.45, 2.75) is 11.3 Å². The van der Waals surface area contributed by atoms with Gasteiger partial charge in [0, 0.05) is 27.2 Å². The highest BCUT2D eigenvalue weighted by atomic mass is 79.9. The molecule has 0 unspecified atom stereocenters. The van der Waals surface area contributed by atoms with Crippen molar-refractivity contribution in [3.8, 4) is 0 Å². The van der Waals surface area contributed by atoms with Crippen molar-refractivity contribution in [2.75, 3.05) is 16.8 Å². The van der Waals surface area contributed by atoms with E-state index in [1.165, 1.54) is 0 Å². The first-order valence-electron chi connectivity index (χ1n) is 6.28. The van der Waals surface area contributed by atoms with Crippen LogP contribution in [0.5, 0.6) is 0 Å². The van der Waals surface area contributed by atoms with Crippen LogP contribution in [0.15, 0.2) is 51.8 Å². The summed E-state index contributed by atoms with van der Waals surface area (Å²) in [5.41, 5.74) is 6.77. The molecule has 0 fully saturated rings. The third-order valence-electron chi connectivity index (χ3n) is 2.68. The summed E-state index contributed by atoms with van der Waals surface area (Å²) in [6.45, 7) is 0. The highest BCUT2D eigenvalue weighted by Crippen LogP contribution is 2.25. The smallest absolute Gasteiger partial charge is 0.225 e. The Morgan fingerprint density at radius 1 is 1.24 bits per heavy atom. The number of nitrogens with two attached hydrogens (primary N) is 1. The van der Waals surface area contributed by atoms with Gasteiger partial charge in [-0.3, -0.25) is 4.79 Å². The number of nitrogens with one attached hydrogen (secondary N) is 1. The maximum atomic E-state index is 11.9. The fraction of sp³-hybridized carbons (Fsp3) is 0.133. The van der Waals surface area contributed by atoms with E-state index in [1.807, 2.05) is 24.3 Å². The summed E-state index contributed by atoms with van der Waals surface area (Å²) < 4.78 is 1.04. The SMILES string of the molecule is Nc1ccc(NC(=O)CCSc2ccc(Br)cc2)c(Cl)c1. The zero-order chi connectivity index (χ0) is 15.2. The number of hydrogen-bond acceptors (Lipinski definition) is 3. The molecule has 2 rings (SSSR count). The van der Waals surface area contributed by atoms with E-state index in [-0.39, 0.29) is 5.91 Å². The van der Waals surface area contributed by atoms with Crippen LogP contribution in [0.2, 0.25) is 5.02 Å². The Morgan fingerprint density at radius 3 is 2.62 bits per heavy atom. The number of thioether (sulfide) groups is 1. The molecule has 0 aromatic heterocycles. The number of anilines is 2. The molecule has 3 N–H and O–H groups in total. The molecule has 2 aromatic carbocycles. The first-order chi connectivity index (χ1) is 10.0. The van der Waals surface area contributed by atoms with E-state index < -0.39 is 0 Å². The van der Waals surface area contributed by atoms with E-state index in [9.17, 15) is 4.79 Å². The van der Waals surface area contributed by atoms with E-state index in [0.717, 1.165) is 9.37 Å². The van der Waals surface area contributed by atoms with Gasteiger partial charge in [-0.15, -0.1) is 11.8 Å². The molecular formula is C15H14BrClN2OS. The summed E-state index contributed by atoms with van der Waals surface area (Å²) in [5.74, 6) is 0.645. The van der Waals surface area contributed by atoms with E-state index >= 15 is 0 Å². The van der Waals surface area contributed by atoms with E-state index in [2.05, 4.69) is 21.2 Å². The number of carbonyl (C=O) groups is 1. The van der Waals surface area contributed by atoms with Gasteiger partial charge >= 0.3 is 0 Å². The lowest BCUT2D eigenvalue weighted by atomic mass is 10.3. The maximum absolute atomic E-state index is 11.9. The molecular weight excluding hydrogens is 372 g/mol. The third kappa shape index (κ3) is 5.26. The molecule has 21 heavy (non-hydrogen) atoms. The molecule has 0 aliphatic carbocycles. The van der Waals surface area contributed by atoms with E-state index in [1.54, 1.807) is 30.0 Å². The monoisotopic (exact) mass is 384 g/mol. The van der Waals surface area contributed by atoms with Crippen molar-refractivity contribution >= 4 is 56.6 Å². The van der Waals surface area contributed by atoms with Crippen molar-refractivity contribution in [1.29, 1.82) is 0 Å². The molecule has 0 saturated carbocycles. The first kappa shape index (κ1) is 16.2. The topological polar surface area (TPSA) is 55.1 Å². The minimum atomic E-state index is -0.0636. The second-order valence-electron chi connectivity index (χ2n) is 4.34. The quantitative estimate of drug-likeness (QED) is 0.574. The molecule has 1 amide bonds. The van der Waals surface area contributed by atoms with Crippen LogP contribution in [0.3, 0.4) is 0 Å². The molecule has 3 nitrogen and oxygen atoms in total. The first-order valence-corrected chi connectivity index (χ1v) is 8.43. The van der Waals surface area contributed by atoms with Crippen molar-refractivity contribution in [1.82, 2.24) is 0 Å². The van der Waals surface area contributed by atoms with Crippen LogP contribution in [0.1, 0.15) is 6.42 Å². The van der Waals surface area contributed by atoms with Gasteiger partial charge in [0.15, 0.2) is 0 Å². The Morgan fingerprint density at radius 2 is 1.95 bits per heavy atom. The predicted molar refractivity (Wildman–Crippen MR) is 94.0 cm³/mol. The van der Waals surface area contributed by atoms with Crippen LogP contribution in [-0.4, -0.2) is 11.7 Å². The van der Waals surface area contributed by atoms with Crippen molar-refractivity contribution in [3.63, 3.8) is 0 Å². The largest absolute Gasteiger partial charge is 0.399 e. The average molecular weight is 386 g/mol. The minimum absolute atomic E-state index is 0.0636. The summed E-state index contributed by atoms with van der Waals surface area (Å²) in [7, 11) is 0. The number of rotatable bonds is 5. The van der Waals surface area contributed by atoms with E-state index in [0.29, 0.717) is 28.6 Å². The Balaban J connectivity index is 1.81. The van der Waals surface area contributed by atoms with Crippen molar-refractivity contribution < 1.29 is 4.79 Å². The second kappa shape index (κ2) is 7.73. The van der Waals surface area contributed by atoms with Crippen molar-refractivity contribution in [2.24, 2.45) is 0 Å². The Hall–Kier alpha value is -1.17. The molecule has 2 aromatic rings. The van der Waals surface area contributed by atoms with Crippen molar-refractivity contribution in [3.05, 3.63) is 52.0 Å². The third-order valence-corrected chi connectivity index (χ3v) is 4.53. The van der Waals surface area contributed by atoms with Crippen LogP contribution < -0.4 is 11.1 Å². The van der Waals surface area contributed by atoms with Gasteiger partial charge in [-0.1, -0.05) is 27.5 Å². The van der Waals surface area contributed by atoms with Crippen LogP contribution in [0.25, 0.3) is 0 Å². The molecule has 0 radical (unpaired) electrons. The van der Waals surface area contributed by atoms with Crippen LogP contribution in [-0.2, 0) is 4.79 Å². The molecule has 0 aliphatic heterocycles. The van der Waals surface area contributed by atoms with Gasteiger partial charge in [0.05, 0.1) is 10.7 Å². The summed E-state index contributed by atoms with van der Waals surface area (Å²) in [6.07, 6.45) is 0.418. The molecule has 0 aliphatic rings. The highest BCUT2D eigenvalue weighted by molar-refractivity contribution is 9.10. The number of benzene rings is 2. The molecule has 0 bridgehead atoms. The van der Waals surface area contributed by atoms with Gasteiger partial charge in [-0.25, -0.2) is 0 Å². The lowest BCUT2D eigenvalue weighted by Crippen LogP contribution is -2.12. The maximum Gasteiger partial charge on any atom is 0.225 e. The summed E-state index contributed by atoms with van der Waals surface area (Å²) in [4.78, 5) is 13.0. The normalized spacial score (nSPS) is 10.4. The number of carbonyl (C=O) groups excluding carboxylic acids is 1. The Kier molecular flexibility index (Phi) is 5.96. The van der Waals surface area contributed by atoms with Gasteiger partial charge in [0.25, 0.3) is 0 Å².